The van der Waals surface area contributed by atoms with Gasteiger partial charge in [0.2, 0.25) is 0 Å². The van der Waals surface area contributed by atoms with Crippen molar-refractivity contribution in [3.63, 3.8) is 0 Å². The summed E-state index contributed by atoms with van der Waals surface area (Å²) < 4.78 is 0. The summed E-state index contributed by atoms with van der Waals surface area (Å²) in [5.41, 5.74) is 5.57. The van der Waals surface area contributed by atoms with E-state index in [1.807, 2.05) is 0 Å². The van der Waals surface area contributed by atoms with Gasteiger partial charge in [0.15, 0.2) is 0 Å². The first-order chi connectivity index (χ1) is 4.25. The molecule has 0 aromatic rings. The van der Waals surface area contributed by atoms with Gasteiger partial charge in [0.05, 0.1) is 0 Å². The van der Waals surface area contributed by atoms with Gasteiger partial charge in [-0.25, -0.2) is 0 Å². The molecular weight excluding hydrogens is 110 g/mol. The van der Waals surface area contributed by atoms with Gasteiger partial charge in [0, 0.05) is 0 Å². The van der Waals surface area contributed by atoms with Gasteiger partial charge < -0.3 is 5.73 Å². The van der Waals surface area contributed by atoms with Crippen LogP contribution in [0.5, 0.6) is 0 Å². The summed E-state index contributed by atoms with van der Waals surface area (Å²) in [6.45, 7) is 5.30. The molecule has 1 aliphatic carbocycles. The normalized spacial score (nSPS) is 41.9. The summed E-state index contributed by atoms with van der Waals surface area (Å²) in [7, 11) is 0. The zero-order valence-corrected chi connectivity index (χ0v) is 6.17. The number of hydrogen-bond donors (Lipinski definition) is 1. The Balaban J connectivity index is 2.53. The van der Waals surface area contributed by atoms with E-state index in [-0.39, 0.29) is 0 Å². The number of rotatable bonds is 1. The van der Waals surface area contributed by atoms with Crippen molar-refractivity contribution in [2.24, 2.45) is 23.5 Å². The van der Waals surface area contributed by atoms with Crippen LogP contribution < -0.4 is 5.73 Å². The predicted octanol–water partition coefficient (Wildman–Crippen LogP) is 1.40. The zero-order valence-electron chi connectivity index (χ0n) is 6.17. The van der Waals surface area contributed by atoms with Crippen LogP contribution in [0.2, 0.25) is 0 Å². The van der Waals surface area contributed by atoms with E-state index in [1.54, 1.807) is 0 Å². The third-order valence-corrected chi connectivity index (χ3v) is 2.34. The summed E-state index contributed by atoms with van der Waals surface area (Å²) in [5, 5.41) is 0. The van der Waals surface area contributed by atoms with Gasteiger partial charge in [-0.3, -0.25) is 0 Å². The highest BCUT2D eigenvalue weighted by atomic mass is 14.6. The second kappa shape index (κ2) is 2.53. The topological polar surface area (TPSA) is 26.0 Å². The highest BCUT2D eigenvalue weighted by Gasteiger charge is 2.23. The van der Waals surface area contributed by atoms with Crippen molar-refractivity contribution < 1.29 is 0 Å². The van der Waals surface area contributed by atoms with Crippen LogP contribution in [0, 0.1) is 17.8 Å². The fourth-order valence-electron chi connectivity index (χ4n) is 1.54. The molecule has 0 amide bonds. The van der Waals surface area contributed by atoms with E-state index >= 15 is 0 Å². The molecule has 2 N–H and O–H groups in total. The molecule has 0 aromatic heterocycles. The molecule has 0 aliphatic heterocycles. The Hall–Kier alpha value is -0.300. The Bertz CT molecular complexity index is 106. The van der Waals surface area contributed by atoms with Gasteiger partial charge in [0.1, 0.15) is 0 Å². The lowest BCUT2D eigenvalue weighted by molar-refractivity contribution is 0.380. The van der Waals surface area contributed by atoms with Gasteiger partial charge in [0.25, 0.3) is 0 Å². The molecule has 0 heterocycles. The highest BCUT2D eigenvalue weighted by Crippen LogP contribution is 2.28. The minimum absolute atomic E-state index is 0.699. The lowest BCUT2D eigenvalue weighted by atomic mass is 9.91. The quantitative estimate of drug-likeness (QED) is 0.527. The first kappa shape index (κ1) is 6.81. The molecule has 0 spiro atoms. The molecule has 0 bridgehead atoms. The molecule has 1 rings (SSSR count). The number of nitrogens with two attached hydrogens (primary N) is 1. The van der Waals surface area contributed by atoms with Crippen LogP contribution in [0.25, 0.3) is 0 Å². The maximum absolute atomic E-state index is 5.57. The van der Waals surface area contributed by atoms with Crippen molar-refractivity contribution in [3.8, 4) is 0 Å². The largest absolute Gasteiger partial charge is 0.330 e. The standard InChI is InChI=1S/C8H15N/c1-6-3-4-7(2)8(6)5-9/h3-4,6-8H,5,9H2,1-2H3. The summed E-state index contributed by atoms with van der Waals surface area (Å²) in [4.78, 5) is 0. The summed E-state index contributed by atoms with van der Waals surface area (Å²) in [5.74, 6) is 2.10. The van der Waals surface area contributed by atoms with Gasteiger partial charge in [-0.05, 0) is 24.3 Å². The SMILES string of the molecule is CC1C=CC(C)C1CN. The van der Waals surface area contributed by atoms with E-state index in [0.29, 0.717) is 17.8 Å². The van der Waals surface area contributed by atoms with Crippen molar-refractivity contribution >= 4 is 0 Å². The average Bonchev–Trinajstić information content (AvgIpc) is 2.12. The Morgan fingerprint density at radius 1 is 1.22 bits per heavy atom. The van der Waals surface area contributed by atoms with Crippen molar-refractivity contribution in [1.29, 1.82) is 0 Å². The maximum atomic E-state index is 5.57. The first-order valence-electron chi connectivity index (χ1n) is 3.64. The average molecular weight is 125 g/mol. The molecule has 0 aromatic carbocycles. The molecule has 1 heteroatoms. The third kappa shape index (κ3) is 1.16. The van der Waals surface area contributed by atoms with Crippen molar-refractivity contribution in [1.82, 2.24) is 0 Å². The molecule has 1 aliphatic rings. The monoisotopic (exact) mass is 125 g/mol. The van der Waals surface area contributed by atoms with Crippen LogP contribution in [0.15, 0.2) is 12.2 Å². The minimum atomic E-state index is 0.699. The fraction of sp³-hybridized carbons (Fsp3) is 0.750. The van der Waals surface area contributed by atoms with Crippen LogP contribution in [0.4, 0.5) is 0 Å². The second-order valence-electron chi connectivity index (χ2n) is 3.00. The molecule has 2 atom stereocenters. The van der Waals surface area contributed by atoms with Crippen LogP contribution >= 0.6 is 0 Å². The molecule has 52 valence electrons. The fourth-order valence-corrected chi connectivity index (χ4v) is 1.54. The molecule has 0 fully saturated rings. The molecule has 9 heavy (non-hydrogen) atoms. The van der Waals surface area contributed by atoms with Gasteiger partial charge in [-0.2, -0.15) is 0 Å². The smallest absolute Gasteiger partial charge is 0.00378 e. The Kier molecular flexibility index (Phi) is 1.91. The number of hydrogen-bond acceptors (Lipinski definition) is 1. The molecule has 2 unspecified atom stereocenters. The lowest BCUT2D eigenvalue weighted by Crippen LogP contribution is -2.21. The van der Waals surface area contributed by atoms with E-state index in [0.717, 1.165) is 6.54 Å². The van der Waals surface area contributed by atoms with Crippen LogP contribution in [-0.2, 0) is 0 Å². The summed E-state index contributed by atoms with van der Waals surface area (Å²) in [6, 6.07) is 0. The van der Waals surface area contributed by atoms with Gasteiger partial charge >= 0.3 is 0 Å². The van der Waals surface area contributed by atoms with E-state index in [1.165, 1.54) is 0 Å². The molecule has 0 saturated carbocycles. The van der Waals surface area contributed by atoms with Crippen LogP contribution in [-0.4, -0.2) is 6.54 Å². The lowest BCUT2D eigenvalue weighted by Gasteiger charge is -2.16. The molecular formula is C8H15N. The van der Waals surface area contributed by atoms with Crippen LogP contribution in [0.1, 0.15) is 13.8 Å². The summed E-state index contributed by atoms with van der Waals surface area (Å²) >= 11 is 0. The third-order valence-electron chi connectivity index (χ3n) is 2.34. The summed E-state index contributed by atoms with van der Waals surface area (Å²) in [6.07, 6.45) is 4.53. The Morgan fingerprint density at radius 3 is 1.89 bits per heavy atom. The predicted molar refractivity (Wildman–Crippen MR) is 40.0 cm³/mol. The van der Waals surface area contributed by atoms with E-state index in [4.69, 9.17) is 5.73 Å². The first-order valence-corrected chi connectivity index (χ1v) is 3.64. The van der Waals surface area contributed by atoms with E-state index < -0.39 is 0 Å². The van der Waals surface area contributed by atoms with Gasteiger partial charge in [-0.15, -0.1) is 0 Å². The van der Waals surface area contributed by atoms with Crippen LogP contribution in [0.3, 0.4) is 0 Å². The Morgan fingerprint density at radius 2 is 1.67 bits per heavy atom. The molecule has 0 saturated heterocycles. The Labute approximate surface area is 56.9 Å². The second-order valence-corrected chi connectivity index (χ2v) is 3.00. The highest BCUT2D eigenvalue weighted by molar-refractivity contribution is 5.03. The van der Waals surface area contributed by atoms with E-state index in [9.17, 15) is 0 Å². The van der Waals surface area contributed by atoms with Crippen molar-refractivity contribution in [2.45, 2.75) is 13.8 Å². The number of allylic oxidation sites excluding steroid dienone is 2. The zero-order chi connectivity index (χ0) is 6.85. The van der Waals surface area contributed by atoms with Crippen molar-refractivity contribution in [2.75, 3.05) is 6.54 Å². The van der Waals surface area contributed by atoms with Gasteiger partial charge in [-0.1, -0.05) is 26.0 Å². The maximum Gasteiger partial charge on any atom is -0.00378 e. The molecule has 1 nitrogen and oxygen atoms in total. The molecule has 0 radical (unpaired) electrons. The van der Waals surface area contributed by atoms with Crippen molar-refractivity contribution in [3.05, 3.63) is 12.2 Å². The van der Waals surface area contributed by atoms with E-state index in [2.05, 4.69) is 26.0 Å². The minimum Gasteiger partial charge on any atom is -0.330 e.